The van der Waals surface area contributed by atoms with Gasteiger partial charge in [-0.3, -0.25) is 4.99 Å². The van der Waals surface area contributed by atoms with Crippen molar-refractivity contribution in [1.82, 2.24) is 10.2 Å². The summed E-state index contributed by atoms with van der Waals surface area (Å²) in [7, 11) is 0. The molecule has 32 heavy (non-hydrogen) atoms. The minimum atomic E-state index is 0.0771. The number of nitrogens with zero attached hydrogens (tertiary/aromatic N) is 2. The van der Waals surface area contributed by atoms with Crippen LogP contribution < -0.4 is 15.8 Å². The fraction of sp³-hybridized carbons (Fsp3) is 0.276. The van der Waals surface area contributed by atoms with Gasteiger partial charge in [-0.1, -0.05) is 78.9 Å². The highest BCUT2D eigenvalue weighted by Crippen LogP contribution is 2.35. The molecule has 3 aliphatic rings. The first-order chi connectivity index (χ1) is 15.7. The number of allylic oxidation sites excluding steroid dienone is 2. The first-order valence-corrected chi connectivity index (χ1v) is 11.6. The number of dihydropyridines is 1. The number of hydrogen-bond acceptors (Lipinski definition) is 3. The van der Waals surface area contributed by atoms with Crippen LogP contribution >= 0.6 is 0 Å². The van der Waals surface area contributed by atoms with Crippen LogP contribution in [-0.2, 0) is 0 Å². The smallest absolute Gasteiger partial charge is 0.124 e. The van der Waals surface area contributed by atoms with E-state index in [0.29, 0.717) is 6.04 Å². The molecule has 5 rings (SSSR count). The number of benzene rings is 2. The minimum absolute atomic E-state index is 0.0771. The molecule has 0 saturated carbocycles. The van der Waals surface area contributed by atoms with Crippen LogP contribution in [0.3, 0.4) is 0 Å². The Hall–Kier alpha value is -3.33. The monoisotopic (exact) mass is 421 g/mol. The molecule has 0 aromatic heterocycles. The van der Waals surface area contributed by atoms with Gasteiger partial charge in [-0.2, -0.15) is 0 Å². The molecule has 1 saturated heterocycles. The second kappa shape index (κ2) is 8.66. The lowest BCUT2D eigenvalue weighted by Gasteiger charge is -2.31. The Balaban J connectivity index is 1.50. The fourth-order valence-corrected chi connectivity index (χ4v) is 5.17. The predicted molar refractivity (Wildman–Crippen MR) is 136 cm³/mol. The number of aryl methyl sites for hydroxylation is 1. The van der Waals surface area contributed by atoms with Crippen molar-refractivity contribution in [2.75, 3.05) is 6.54 Å². The van der Waals surface area contributed by atoms with Crippen molar-refractivity contribution in [3.8, 4) is 0 Å². The summed E-state index contributed by atoms with van der Waals surface area (Å²) >= 11 is 0. The molecule has 2 aromatic carbocycles. The van der Waals surface area contributed by atoms with E-state index in [1.165, 1.54) is 40.3 Å². The molecule has 0 radical (unpaired) electrons. The van der Waals surface area contributed by atoms with Gasteiger partial charge in [0.25, 0.3) is 0 Å². The quantitative estimate of drug-likeness (QED) is 0.802. The molecular formula is C29H31N3. The molecule has 162 valence electrons. The summed E-state index contributed by atoms with van der Waals surface area (Å²) < 4.78 is 0. The molecular weight excluding hydrogens is 390 g/mol. The first-order valence-electron chi connectivity index (χ1n) is 11.6. The van der Waals surface area contributed by atoms with E-state index >= 15 is 0 Å². The van der Waals surface area contributed by atoms with E-state index < -0.39 is 0 Å². The lowest BCUT2D eigenvalue weighted by atomic mass is 9.93. The van der Waals surface area contributed by atoms with Crippen LogP contribution in [0.2, 0.25) is 0 Å². The van der Waals surface area contributed by atoms with Crippen molar-refractivity contribution in [1.29, 1.82) is 0 Å². The van der Waals surface area contributed by atoms with Crippen LogP contribution in [0, 0.1) is 6.92 Å². The van der Waals surface area contributed by atoms with Crippen LogP contribution in [-0.4, -0.2) is 29.4 Å². The molecule has 3 heterocycles. The van der Waals surface area contributed by atoms with Crippen LogP contribution in [0.1, 0.15) is 42.5 Å². The number of likely N-dealkylation sites (tertiary alicyclic amines) is 1. The SMILES string of the molecule is C=c1cccc(C2=CNC3C=CC(N4CCCC4c4cccc(C)c4)=NC23)/c1=C/C=C\C. The average Bonchev–Trinajstić information content (AvgIpc) is 3.45. The van der Waals surface area contributed by atoms with Gasteiger partial charge in [-0.25, -0.2) is 0 Å². The van der Waals surface area contributed by atoms with Crippen molar-refractivity contribution < 1.29 is 0 Å². The highest BCUT2D eigenvalue weighted by Gasteiger charge is 2.35. The van der Waals surface area contributed by atoms with Crippen molar-refractivity contribution in [3.63, 3.8) is 0 Å². The average molecular weight is 422 g/mol. The van der Waals surface area contributed by atoms with Gasteiger partial charge in [0, 0.05) is 18.3 Å². The summed E-state index contributed by atoms with van der Waals surface area (Å²) in [6.07, 6.45) is 15.3. The van der Waals surface area contributed by atoms with E-state index in [1.807, 2.05) is 6.92 Å². The maximum atomic E-state index is 5.31. The molecule has 0 spiro atoms. The lowest BCUT2D eigenvalue weighted by molar-refractivity contribution is 0.397. The van der Waals surface area contributed by atoms with Crippen molar-refractivity contribution in [2.45, 2.75) is 44.8 Å². The first kappa shape index (κ1) is 20.6. The Morgan fingerprint density at radius 3 is 2.91 bits per heavy atom. The van der Waals surface area contributed by atoms with E-state index in [0.717, 1.165) is 17.6 Å². The molecule has 0 bridgehead atoms. The Labute approximate surface area is 190 Å². The molecule has 0 aliphatic carbocycles. The van der Waals surface area contributed by atoms with Crippen molar-refractivity contribution in [3.05, 3.63) is 100 Å². The second-order valence-corrected chi connectivity index (χ2v) is 8.92. The van der Waals surface area contributed by atoms with E-state index in [4.69, 9.17) is 4.99 Å². The van der Waals surface area contributed by atoms with E-state index in [2.05, 4.69) is 103 Å². The van der Waals surface area contributed by atoms with E-state index in [1.54, 1.807) is 0 Å². The zero-order valence-corrected chi connectivity index (χ0v) is 19.0. The summed E-state index contributed by atoms with van der Waals surface area (Å²) in [5.74, 6) is 1.11. The third-order valence-corrected chi connectivity index (χ3v) is 6.75. The zero-order valence-electron chi connectivity index (χ0n) is 19.0. The Morgan fingerprint density at radius 1 is 1.19 bits per heavy atom. The molecule has 3 heteroatoms. The topological polar surface area (TPSA) is 27.6 Å². The highest BCUT2D eigenvalue weighted by atomic mass is 15.2. The van der Waals surface area contributed by atoms with E-state index in [9.17, 15) is 0 Å². The van der Waals surface area contributed by atoms with Gasteiger partial charge < -0.3 is 10.2 Å². The summed E-state index contributed by atoms with van der Waals surface area (Å²) in [4.78, 5) is 7.81. The van der Waals surface area contributed by atoms with Crippen molar-refractivity contribution in [2.24, 2.45) is 4.99 Å². The predicted octanol–water partition coefficient (Wildman–Crippen LogP) is 4.25. The molecule has 3 atom stereocenters. The Kier molecular flexibility index (Phi) is 5.57. The van der Waals surface area contributed by atoms with Gasteiger partial charge in [0.05, 0.1) is 12.1 Å². The number of hydrogen-bond donors (Lipinski definition) is 1. The normalized spacial score (nSPS) is 25.1. The number of amidine groups is 1. The van der Waals surface area contributed by atoms with Crippen LogP contribution in [0.15, 0.2) is 78.0 Å². The number of rotatable bonds is 3. The number of aliphatic imine (C=N–C) groups is 1. The van der Waals surface area contributed by atoms with Gasteiger partial charge in [0.2, 0.25) is 0 Å². The largest absolute Gasteiger partial charge is 0.382 e. The third-order valence-electron chi connectivity index (χ3n) is 6.75. The van der Waals surface area contributed by atoms with Gasteiger partial charge in [0.1, 0.15) is 11.9 Å². The van der Waals surface area contributed by atoms with Crippen LogP contribution in [0.25, 0.3) is 18.2 Å². The van der Waals surface area contributed by atoms with Crippen LogP contribution in [0.4, 0.5) is 0 Å². The molecule has 3 unspecified atom stereocenters. The van der Waals surface area contributed by atoms with Gasteiger partial charge in [-0.15, -0.1) is 0 Å². The second-order valence-electron chi connectivity index (χ2n) is 8.92. The highest BCUT2D eigenvalue weighted by molar-refractivity contribution is 5.96. The Bertz CT molecular complexity index is 1250. The summed E-state index contributed by atoms with van der Waals surface area (Å²) in [5.41, 5.74) is 5.17. The molecule has 2 aromatic rings. The molecule has 3 nitrogen and oxygen atoms in total. The molecule has 0 amide bonds. The zero-order chi connectivity index (χ0) is 22.1. The maximum absolute atomic E-state index is 5.31. The minimum Gasteiger partial charge on any atom is -0.382 e. The maximum Gasteiger partial charge on any atom is 0.124 e. The van der Waals surface area contributed by atoms with E-state index in [-0.39, 0.29) is 12.1 Å². The van der Waals surface area contributed by atoms with Crippen molar-refractivity contribution >= 4 is 24.1 Å². The summed E-state index contributed by atoms with van der Waals surface area (Å²) in [6, 6.07) is 16.0. The molecule has 1 fully saturated rings. The van der Waals surface area contributed by atoms with Gasteiger partial charge in [-0.05, 0) is 54.3 Å². The standard InChI is InChI=1S/C29H31N3/c1-4-5-12-23-21(3)10-7-13-24(23)25-19-30-26-15-16-28(31-29(25)26)32-17-8-14-27(32)22-11-6-9-20(2)18-22/h4-7,9-13,15-16,18-19,26-27,29-30H,3,8,14,17H2,1-2H3/b5-4-,23-12+. The summed E-state index contributed by atoms with van der Waals surface area (Å²) in [5, 5.41) is 5.76. The molecule has 1 N–H and O–H groups in total. The van der Waals surface area contributed by atoms with Crippen LogP contribution in [0.5, 0.6) is 0 Å². The van der Waals surface area contributed by atoms with Gasteiger partial charge in [0.15, 0.2) is 0 Å². The fourth-order valence-electron chi connectivity index (χ4n) is 5.17. The summed E-state index contributed by atoms with van der Waals surface area (Å²) in [6.45, 7) is 9.53. The third kappa shape index (κ3) is 3.73. The Morgan fingerprint density at radius 2 is 2.06 bits per heavy atom. The number of nitrogens with one attached hydrogen (secondary N) is 1. The van der Waals surface area contributed by atoms with Gasteiger partial charge >= 0.3 is 0 Å². The molecule has 3 aliphatic heterocycles. The lowest BCUT2D eigenvalue weighted by Crippen LogP contribution is -2.38. The number of fused-ring (bicyclic) bond motifs is 1.